The molecule has 0 radical (unpaired) electrons. The Labute approximate surface area is 83.5 Å². The molecule has 0 bridgehead atoms. The minimum atomic E-state index is -6.00. The third-order valence-corrected chi connectivity index (χ3v) is 1.24. The molecule has 0 N–H and O–H groups in total. The van der Waals surface area contributed by atoms with Gasteiger partial charge >= 0.3 is 7.25 Å². The summed E-state index contributed by atoms with van der Waals surface area (Å²) in [5.41, 5.74) is 0. The van der Waals surface area contributed by atoms with Crippen molar-refractivity contribution in [2.45, 2.75) is 39.0 Å². The van der Waals surface area contributed by atoms with E-state index in [4.69, 9.17) is 0 Å². The van der Waals surface area contributed by atoms with Crippen molar-refractivity contribution in [3.63, 3.8) is 0 Å². The molecule has 0 atom stereocenters. The standard InChI is InChI=1S/C9H17.BF4/c1-3-5-7-9-8-6-4-2;2-1(3,4)5/h8-9H,1,3-7H2,2H3;/q+1;-1. The largest absolute Gasteiger partial charge is 0.673 e. The molecule has 0 aliphatic carbocycles. The van der Waals surface area contributed by atoms with E-state index >= 15 is 0 Å². The molecule has 0 spiro atoms. The van der Waals surface area contributed by atoms with E-state index < -0.39 is 7.25 Å². The van der Waals surface area contributed by atoms with Crippen molar-refractivity contribution in [3.05, 3.63) is 19.1 Å². The third-order valence-electron chi connectivity index (χ3n) is 1.24. The van der Waals surface area contributed by atoms with Gasteiger partial charge in [-0.2, -0.15) is 0 Å². The molecule has 0 aromatic carbocycles. The van der Waals surface area contributed by atoms with Crippen molar-refractivity contribution in [2.75, 3.05) is 0 Å². The summed E-state index contributed by atoms with van der Waals surface area (Å²) in [6.45, 7) is 5.97. The molecular formula is C9H17BF4. The van der Waals surface area contributed by atoms with E-state index in [0.29, 0.717) is 0 Å². The normalized spacial score (nSPS) is 11.2. The summed E-state index contributed by atoms with van der Waals surface area (Å²) in [4.78, 5) is 0. The second-order valence-corrected chi connectivity index (χ2v) is 2.75. The minimum Gasteiger partial charge on any atom is -0.418 e. The van der Waals surface area contributed by atoms with Crippen LogP contribution < -0.4 is 0 Å². The van der Waals surface area contributed by atoms with Crippen LogP contribution in [0, 0.1) is 6.92 Å². The van der Waals surface area contributed by atoms with Gasteiger partial charge in [0.2, 0.25) is 0 Å². The first kappa shape index (κ1) is 15.8. The summed E-state index contributed by atoms with van der Waals surface area (Å²) in [6, 6.07) is 0. The molecule has 0 rings (SSSR count). The zero-order chi connectivity index (χ0) is 11.4. The van der Waals surface area contributed by atoms with Crippen LogP contribution in [0.4, 0.5) is 17.3 Å². The van der Waals surface area contributed by atoms with Gasteiger partial charge in [-0.15, -0.1) is 0 Å². The maximum Gasteiger partial charge on any atom is 0.673 e. The van der Waals surface area contributed by atoms with E-state index in [1.54, 1.807) is 0 Å². The predicted molar refractivity (Wildman–Crippen MR) is 53.4 cm³/mol. The Morgan fingerprint density at radius 1 is 1.07 bits per heavy atom. The Morgan fingerprint density at radius 3 is 1.86 bits per heavy atom. The highest BCUT2D eigenvalue weighted by atomic mass is 19.5. The molecule has 0 aromatic rings. The first-order valence-corrected chi connectivity index (χ1v) is 4.73. The van der Waals surface area contributed by atoms with Crippen LogP contribution in [0.3, 0.4) is 0 Å². The quantitative estimate of drug-likeness (QED) is 0.204. The molecule has 0 aromatic heterocycles. The van der Waals surface area contributed by atoms with E-state index in [2.05, 4.69) is 26.0 Å². The van der Waals surface area contributed by atoms with Crippen LogP contribution >= 0.6 is 0 Å². The number of unbranched alkanes of at least 4 members (excludes halogenated alkanes) is 3. The Kier molecular flexibility index (Phi) is 11.9. The molecule has 0 aliphatic rings. The van der Waals surface area contributed by atoms with E-state index in [9.17, 15) is 17.3 Å². The molecule has 0 fully saturated rings. The molecule has 0 heterocycles. The Hall–Kier alpha value is -0.605. The van der Waals surface area contributed by atoms with Crippen LogP contribution in [0.25, 0.3) is 0 Å². The van der Waals surface area contributed by atoms with Crippen molar-refractivity contribution in [1.29, 1.82) is 0 Å². The van der Waals surface area contributed by atoms with Crippen molar-refractivity contribution >= 4 is 7.25 Å². The van der Waals surface area contributed by atoms with Gasteiger partial charge < -0.3 is 17.3 Å². The molecule has 0 unspecified atom stereocenters. The molecule has 0 nitrogen and oxygen atoms in total. The zero-order valence-electron chi connectivity index (χ0n) is 8.49. The average Bonchev–Trinajstić information content (AvgIpc) is 2.01. The van der Waals surface area contributed by atoms with E-state index in [1.807, 2.05) is 0 Å². The highest BCUT2D eigenvalue weighted by molar-refractivity contribution is 6.50. The molecule has 0 aliphatic heterocycles. The topological polar surface area (TPSA) is 0 Å². The molecule has 0 amide bonds. The van der Waals surface area contributed by atoms with Crippen molar-refractivity contribution in [1.82, 2.24) is 0 Å². The second kappa shape index (κ2) is 10.5. The number of rotatable bonds is 5. The molecule has 14 heavy (non-hydrogen) atoms. The van der Waals surface area contributed by atoms with Gasteiger partial charge in [0.1, 0.15) is 0 Å². The molecule has 84 valence electrons. The van der Waals surface area contributed by atoms with Gasteiger partial charge in [0.15, 0.2) is 0 Å². The van der Waals surface area contributed by atoms with Gasteiger partial charge in [0.25, 0.3) is 0 Å². The highest BCUT2D eigenvalue weighted by Gasteiger charge is 2.20. The summed E-state index contributed by atoms with van der Waals surface area (Å²) < 4.78 is 39.0. The lowest BCUT2D eigenvalue weighted by atomic mass is 10.2. The van der Waals surface area contributed by atoms with Crippen molar-refractivity contribution in [3.8, 4) is 0 Å². The number of hydrogen-bond acceptors (Lipinski definition) is 0. The fourth-order valence-electron chi connectivity index (χ4n) is 0.665. The first-order valence-electron chi connectivity index (χ1n) is 4.73. The SMILES string of the molecule is F[B-](F)(F)F.[CH2+]CCCC=CCCC. The lowest BCUT2D eigenvalue weighted by Gasteiger charge is -1.94. The minimum absolute atomic E-state index is 1.07. The van der Waals surface area contributed by atoms with Gasteiger partial charge in [-0.1, -0.05) is 25.5 Å². The fourth-order valence-corrected chi connectivity index (χ4v) is 0.665. The number of hydrogen-bond donors (Lipinski definition) is 0. The average molecular weight is 212 g/mol. The summed E-state index contributed by atoms with van der Waals surface area (Å²) in [7, 11) is -6.00. The number of allylic oxidation sites excluding steroid dienone is 2. The monoisotopic (exact) mass is 212 g/mol. The van der Waals surface area contributed by atoms with E-state index in [-0.39, 0.29) is 0 Å². The highest BCUT2D eigenvalue weighted by Crippen LogP contribution is 2.06. The second-order valence-electron chi connectivity index (χ2n) is 2.75. The maximum absolute atomic E-state index is 9.75. The summed E-state index contributed by atoms with van der Waals surface area (Å²) >= 11 is 0. The van der Waals surface area contributed by atoms with Crippen LogP contribution in [-0.4, -0.2) is 7.25 Å². The van der Waals surface area contributed by atoms with Gasteiger partial charge in [-0.05, 0) is 19.3 Å². The van der Waals surface area contributed by atoms with Crippen LogP contribution in [0.15, 0.2) is 12.2 Å². The number of halogens is 4. The van der Waals surface area contributed by atoms with Crippen LogP contribution in [0.1, 0.15) is 39.0 Å². The lowest BCUT2D eigenvalue weighted by molar-refractivity contribution is 0.368. The van der Waals surface area contributed by atoms with Gasteiger partial charge in [0.05, 0.1) is 13.3 Å². The van der Waals surface area contributed by atoms with Gasteiger partial charge in [-0.3, -0.25) is 0 Å². The van der Waals surface area contributed by atoms with Gasteiger partial charge in [0, 0.05) is 0 Å². The fraction of sp³-hybridized carbons (Fsp3) is 0.667. The molecule has 0 saturated carbocycles. The van der Waals surface area contributed by atoms with Gasteiger partial charge in [-0.25, -0.2) is 0 Å². The Morgan fingerprint density at radius 2 is 1.50 bits per heavy atom. The zero-order valence-corrected chi connectivity index (χ0v) is 8.49. The van der Waals surface area contributed by atoms with Crippen molar-refractivity contribution < 1.29 is 17.3 Å². The van der Waals surface area contributed by atoms with Crippen LogP contribution in [-0.2, 0) is 0 Å². The first-order chi connectivity index (χ1) is 6.41. The summed E-state index contributed by atoms with van der Waals surface area (Å²) in [6.07, 6.45) is 10.5. The predicted octanol–water partition coefficient (Wildman–Crippen LogP) is 4.65. The van der Waals surface area contributed by atoms with E-state index in [1.165, 1.54) is 25.7 Å². The van der Waals surface area contributed by atoms with E-state index in [0.717, 1.165) is 6.42 Å². The van der Waals surface area contributed by atoms with Crippen LogP contribution in [0.5, 0.6) is 0 Å². The van der Waals surface area contributed by atoms with Crippen LogP contribution in [0.2, 0.25) is 0 Å². The lowest BCUT2D eigenvalue weighted by Crippen LogP contribution is -2.02. The smallest absolute Gasteiger partial charge is 0.418 e. The molecule has 5 heteroatoms. The summed E-state index contributed by atoms with van der Waals surface area (Å²) in [5, 5.41) is 0. The molecular weight excluding hydrogens is 195 g/mol. The third kappa shape index (κ3) is 42.3. The molecule has 0 saturated heterocycles. The maximum atomic E-state index is 9.75. The Balaban J connectivity index is 0. The van der Waals surface area contributed by atoms with Crippen molar-refractivity contribution in [2.24, 2.45) is 0 Å². The summed E-state index contributed by atoms with van der Waals surface area (Å²) in [5.74, 6) is 0. The Bertz CT molecular complexity index is 125.